The van der Waals surface area contributed by atoms with Crippen molar-refractivity contribution in [3.8, 4) is 5.75 Å². The van der Waals surface area contributed by atoms with Crippen LogP contribution in [0.25, 0.3) is 0 Å². The van der Waals surface area contributed by atoms with E-state index in [-0.39, 0.29) is 17.7 Å². The molecule has 1 aromatic rings. The molecule has 0 bridgehead atoms. The molecule has 108 valence electrons. The van der Waals surface area contributed by atoms with Crippen molar-refractivity contribution in [2.24, 2.45) is 11.7 Å². The largest absolute Gasteiger partial charge is 0.494 e. The van der Waals surface area contributed by atoms with Gasteiger partial charge >= 0.3 is 0 Å². The molecule has 1 aromatic carbocycles. The maximum absolute atomic E-state index is 12.0. The number of nitrogens with two attached hydrogens (primary N) is 1. The topological polar surface area (TPSA) is 84.7 Å². The van der Waals surface area contributed by atoms with Gasteiger partial charge < -0.3 is 20.7 Å². The van der Waals surface area contributed by atoms with E-state index in [1.54, 1.807) is 23.1 Å². The van der Waals surface area contributed by atoms with Crippen LogP contribution in [0, 0.1) is 5.92 Å². The molecule has 1 unspecified atom stereocenters. The lowest BCUT2D eigenvalue weighted by Crippen LogP contribution is -2.25. The van der Waals surface area contributed by atoms with Gasteiger partial charge in [-0.05, 0) is 24.6 Å². The van der Waals surface area contributed by atoms with Crippen LogP contribution in [0.2, 0.25) is 0 Å². The van der Waals surface area contributed by atoms with Crippen LogP contribution in [0.5, 0.6) is 5.75 Å². The summed E-state index contributed by atoms with van der Waals surface area (Å²) in [7, 11) is 1.53. The Hall–Kier alpha value is -2.08. The van der Waals surface area contributed by atoms with Crippen molar-refractivity contribution < 1.29 is 14.3 Å². The third-order valence-corrected chi connectivity index (χ3v) is 3.35. The molecule has 6 nitrogen and oxygen atoms in total. The average Bonchev–Trinajstić information content (AvgIpc) is 2.80. The van der Waals surface area contributed by atoms with E-state index in [1.807, 2.05) is 0 Å². The first kappa shape index (κ1) is 14.3. The number of rotatable bonds is 4. The number of methoxy groups -OCH3 is 1. The monoisotopic (exact) mass is 277 g/mol. The van der Waals surface area contributed by atoms with E-state index in [4.69, 9.17) is 10.5 Å². The van der Waals surface area contributed by atoms with Crippen LogP contribution in [-0.2, 0) is 9.59 Å². The highest BCUT2D eigenvalue weighted by atomic mass is 16.5. The molecular formula is C14H19N3O3. The Morgan fingerprint density at radius 3 is 2.85 bits per heavy atom. The summed E-state index contributed by atoms with van der Waals surface area (Å²) >= 11 is 0. The van der Waals surface area contributed by atoms with Crippen molar-refractivity contribution >= 4 is 23.2 Å². The van der Waals surface area contributed by atoms with E-state index in [9.17, 15) is 9.59 Å². The van der Waals surface area contributed by atoms with Crippen molar-refractivity contribution in [1.29, 1.82) is 0 Å². The Morgan fingerprint density at radius 2 is 2.30 bits per heavy atom. The number of benzene rings is 1. The highest BCUT2D eigenvalue weighted by Crippen LogP contribution is 2.32. The lowest BCUT2D eigenvalue weighted by atomic mass is 10.1. The Balaban J connectivity index is 2.25. The molecular weight excluding hydrogens is 258 g/mol. The van der Waals surface area contributed by atoms with Gasteiger partial charge in [-0.2, -0.15) is 0 Å². The normalized spacial score (nSPS) is 18.2. The molecule has 0 saturated carbocycles. The summed E-state index contributed by atoms with van der Waals surface area (Å²) in [6.07, 6.45) is 0.478. The quantitative estimate of drug-likeness (QED) is 0.858. The molecule has 20 heavy (non-hydrogen) atoms. The maximum atomic E-state index is 12.0. The van der Waals surface area contributed by atoms with E-state index >= 15 is 0 Å². The van der Waals surface area contributed by atoms with Gasteiger partial charge in [0.25, 0.3) is 0 Å². The first-order valence-electron chi connectivity index (χ1n) is 6.51. The second-order valence-corrected chi connectivity index (χ2v) is 4.88. The summed E-state index contributed by atoms with van der Waals surface area (Å²) < 4.78 is 5.26. The van der Waals surface area contributed by atoms with Crippen molar-refractivity contribution in [1.82, 2.24) is 0 Å². The third-order valence-electron chi connectivity index (χ3n) is 3.35. The highest BCUT2D eigenvalue weighted by Gasteiger charge is 2.30. The van der Waals surface area contributed by atoms with Crippen molar-refractivity contribution in [3.05, 3.63) is 18.2 Å². The minimum atomic E-state index is -0.170. The molecule has 1 heterocycles. The van der Waals surface area contributed by atoms with Gasteiger partial charge in [-0.3, -0.25) is 9.59 Å². The fourth-order valence-corrected chi connectivity index (χ4v) is 2.33. The second kappa shape index (κ2) is 5.92. The molecule has 6 heteroatoms. The number of ether oxygens (including phenoxy) is 1. The number of carbonyl (C=O) groups excluding carboxylic acids is 2. The minimum absolute atomic E-state index is 0.0646. The summed E-state index contributed by atoms with van der Waals surface area (Å²) in [6.45, 7) is 2.56. The number of hydrogen-bond donors (Lipinski definition) is 2. The predicted molar refractivity (Wildman–Crippen MR) is 76.8 cm³/mol. The van der Waals surface area contributed by atoms with Crippen LogP contribution in [-0.4, -0.2) is 32.0 Å². The number of nitrogens with one attached hydrogen (secondary N) is 1. The zero-order chi connectivity index (χ0) is 14.7. The molecule has 0 aliphatic carbocycles. The number of nitrogens with zero attached hydrogens (tertiary/aromatic N) is 1. The molecule has 1 aliphatic rings. The second-order valence-electron chi connectivity index (χ2n) is 4.88. The fourth-order valence-electron chi connectivity index (χ4n) is 2.33. The SMILES string of the molecule is COc1cc(N2CC(CN)CC2=O)ccc1NC(C)=O. The predicted octanol–water partition coefficient (Wildman–Crippen LogP) is 0.965. The molecule has 1 aliphatic heterocycles. The van der Waals surface area contributed by atoms with Crippen LogP contribution < -0.4 is 20.7 Å². The zero-order valence-electron chi connectivity index (χ0n) is 11.7. The summed E-state index contributed by atoms with van der Waals surface area (Å²) in [4.78, 5) is 24.8. The molecule has 1 saturated heterocycles. The van der Waals surface area contributed by atoms with E-state index in [1.165, 1.54) is 14.0 Å². The highest BCUT2D eigenvalue weighted by molar-refractivity contribution is 5.97. The van der Waals surface area contributed by atoms with E-state index in [0.717, 1.165) is 5.69 Å². The Bertz CT molecular complexity index is 530. The molecule has 1 atom stereocenters. The van der Waals surface area contributed by atoms with Crippen LogP contribution in [0.15, 0.2) is 18.2 Å². The minimum Gasteiger partial charge on any atom is -0.494 e. The van der Waals surface area contributed by atoms with Crippen LogP contribution in [0.1, 0.15) is 13.3 Å². The van der Waals surface area contributed by atoms with Gasteiger partial charge in [0.2, 0.25) is 11.8 Å². The number of amides is 2. The number of carbonyl (C=O) groups is 2. The van der Waals surface area contributed by atoms with Gasteiger partial charge in [-0.15, -0.1) is 0 Å². The Labute approximate surface area is 117 Å². The summed E-state index contributed by atoms with van der Waals surface area (Å²) in [5, 5.41) is 2.69. The van der Waals surface area contributed by atoms with E-state index in [0.29, 0.717) is 30.9 Å². The first-order chi connectivity index (χ1) is 9.55. The average molecular weight is 277 g/mol. The first-order valence-corrected chi connectivity index (χ1v) is 6.51. The lowest BCUT2D eigenvalue weighted by Gasteiger charge is -2.19. The van der Waals surface area contributed by atoms with Gasteiger partial charge in [-0.25, -0.2) is 0 Å². The molecule has 0 spiro atoms. The lowest BCUT2D eigenvalue weighted by molar-refractivity contribution is -0.117. The summed E-state index contributed by atoms with van der Waals surface area (Å²) in [5.41, 5.74) is 6.97. The van der Waals surface area contributed by atoms with Gasteiger partial charge in [0.1, 0.15) is 5.75 Å². The smallest absolute Gasteiger partial charge is 0.227 e. The van der Waals surface area contributed by atoms with Crippen LogP contribution >= 0.6 is 0 Å². The Morgan fingerprint density at radius 1 is 1.55 bits per heavy atom. The number of anilines is 2. The van der Waals surface area contributed by atoms with E-state index < -0.39 is 0 Å². The van der Waals surface area contributed by atoms with Gasteiger partial charge in [0.15, 0.2) is 0 Å². The van der Waals surface area contributed by atoms with Crippen molar-refractivity contribution in [2.45, 2.75) is 13.3 Å². The third kappa shape index (κ3) is 2.91. The maximum Gasteiger partial charge on any atom is 0.227 e. The molecule has 0 aromatic heterocycles. The van der Waals surface area contributed by atoms with Crippen LogP contribution in [0.4, 0.5) is 11.4 Å². The summed E-state index contributed by atoms with van der Waals surface area (Å²) in [5.74, 6) is 0.622. The standard InChI is InChI=1S/C14H19N3O3/c1-9(18)16-12-4-3-11(6-13(12)20-2)17-8-10(7-15)5-14(17)19/h3-4,6,10H,5,7-8,15H2,1-2H3,(H,16,18). The molecule has 2 amide bonds. The van der Waals surface area contributed by atoms with Crippen LogP contribution in [0.3, 0.4) is 0 Å². The van der Waals surface area contributed by atoms with Gasteiger partial charge in [-0.1, -0.05) is 0 Å². The van der Waals surface area contributed by atoms with Crippen molar-refractivity contribution in [3.63, 3.8) is 0 Å². The molecule has 1 fully saturated rings. The van der Waals surface area contributed by atoms with Gasteiger partial charge in [0, 0.05) is 31.6 Å². The molecule has 0 radical (unpaired) electrons. The summed E-state index contributed by atoms with van der Waals surface area (Å²) in [6, 6.07) is 5.28. The fraction of sp³-hybridized carbons (Fsp3) is 0.429. The van der Waals surface area contributed by atoms with Gasteiger partial charge in [0.05, 0.1) is 12.8 Å². The zero-order valence-corrected chi connectivity index (χ0v) is 11.7. The van der Waals surface area contributed by atoms with Crippen molar-refractivity contribution in [2.75, 3.05) is 30.4 Å². The number of hydrogen-bond acceptors (Lipinski definition) is 4. The molecule has 2 rings (SSSR count). The molecule has 3 N–H and O–H groups in total. The Kier molecular flexibility index (Phi) is 4.24. The van der Waals surface area contributed by atoms with E-state index in [2.05, 4.69) is 5.32 Å².